The van der Waals surface area contributed by atoms with E-state index in [1.807, 2.05) is 28.3 Å². The molecule has 0 bridgehead atoms. The van der Waals surface area contributed by atoms with Gasteiger partial charge in [0.25, 0.3) is 11.7 Å². The van der Waals surface area contributed by atoms with Crippen LogP contribution in [0.25, 0.3) is 5.76 Å². The molecule has 0 saturated carbocycles. The normalized spacial score (nSPS) is 17.7. The second-order valence-corrected chi connectivity index (χ2v) is 8.21. The van der Waals surface area contributed by atoms with Crippen LogP contribution in [0.4, 0.5) is 0 Å². The number of carbonyl (C=O) groups is 2. The zero-order valence-corrected chi connectivity index (χ0v) is 18.5. The van der Waals surface area contributed by atoms with E-state index in [9.17, 15) is 14.7 Å². The van der Waals surface area contributed by atoms with Gasteiger partial charge in [-0.2, -0.15) is 0 Å². The third kappa shape index (κ3) is 3.99. The van der Waals surface area contributed by atoms with Crippen molar-refractivity contribution in [2.75, 3.05) is 20.8 Å². The highest BCUT2D eigenvalue weighted by Crippen LogP contribution is 2.42. The van der Waals surface area contributed by atoms with Crippen LogP contribution in [0.15, 0.2) is 60.0 Å². The number of carbonyl (C=O) groups excluding carboxylic acids is 2. The zero-order valence-electron chi connectivity index (χ0n) is 17.7. The molecule has 1 amide bonds. The number of methoxy groups -OCH3 is 2. The Kier molecular flexibility index (Phi) is 6.27. The van der Waals surface area contributed by atoms with Crippen molar-refractivity contribution in [3.05, 3.63) is 70.4 Å². The molecule has 32 heavy (non-hydrogen) atoms. The Hall–Kier alpha value is -3.59. The van der Waals surface area contributed by atoms with Crippen LogP contribution in [0.1, 0.15) is 22.9 Å². The summed E-state index contributed by atoms with van der Waals surface area (Å²) in [5, 5.41) is 13.1. The number of aliphatic hydroxyl groups is 1. The molecule has 4 rings (SSSR count). The molecule has 1 N–H and O–H groups in total. The zero-order chi connectivity index (χ0) is 22.7. The minimum absolute atomic E-state index is 0.0588. The fraction of sp³-hybridized carbons (Fsp3) is 0.261. The number of hydrogen-bond donors (Lipinski definition) is 1. The van der Waals surface area contributed by atoms with Crippen LogP contribution >= 0.6 is 11.3 Å². The molecule has 1 aliphatic rings. The van der Waals surface area contributed by atoms with Crippen molar-refractivity contribution in [3.63, 3.8) is 0 Å². The van der Waals surface area contributed by atoms with E-state index in [-0.39, 0.29) is 11.3 Å². The smallest absolute Gasteiger partial charge is 0.295 e. The number of benzene rings is 1. The number of rotatable bonds is 8. The molecule has 3 aromatic rings. The first-order valence-corrected chi connectivity index (χ1v) is 10.9. The predicted octanol–water partition coefficient (Wildman–Crippen LogP) is 3.47. The van der Waals surface area contributed by atoms with Crippen molar-refractivity contribution in [2.45, 2.75) is 19.0 Å². The van der Waals surface area contributed by atoms with E-state index in [1.54, 1.807) is 30.7 Å². The first-order chi connectivity index (χ1) is 15.5. The number of likely N-dealkylation sites (tertiary alicyclic amines) is 1. The summed E-state index contributed by atoms with van der Waals surface area (Å²) in [6, 6.07) is 7.97. The van der Waals surface area contributed by atoms with Gasteiger partial charge in [-0.3, -0.25) is 9.59 Å². The summed E-state index contributed by atoms with van der Waals surface area (Å²) in [7, 11) is 3.00. The summed E-state index contributed by atoms with van der Waals surface area (Å²) >= 11 is 1.43. The molecule has 0 unspecified atom stereocenters. The Morgan fingerprint density at radius 2 is 2.03 bits per heavy atom. The quantitative estimate of drug-likeness (QED) is 0.319. The average molecular weight is 454 g/mol. The molecule has 0 radical (unpaired) electrons. The van der Waals surface area contributed by atoms with Crippen molar-refractivity contribution >= 4 is 28.8 Å². The number of aryl methyl sites for hydroxylation is 1. The van der Waals surface area contributed by atoms with Crippen LogP contribution in [0.2, 0.25) is 0 Å². The number of thiophene rings is 1. The molecule has 1 saturated heterocycles. The summed E-state index contributed by atoms with van der Waals surface area (Å²) < 4.78 is 12.5. The van der Waals surface area contributed by atoms with Crippen molar-refractivity contribution < 1.29 is 24.2 Å². The molecule has 2 aromatic heterocycles. The highest BCUT2D eigenvalue weighted by molar-refractivity contribution is 7.10. The third-order valence-electron chi connectivity index (χ3n) is 5.39. The minimum Gasteiger partial charge on any atom is -0.507 e. The fourth-order valence-electron chi connectivity index (χ4n) is 3.84. The summed E-state index contributed by atoms with van der Waals surface area (Å²) in [6.07, 6.45) is 5.89. The lowest BCUT2D eigenvalue weighted by Gasteiger charge is -2.24. The minimum atomic E-state index is -0.707. The van der Waals surface area contributed by atoms with Crippen molar-refractivity contribution in [3.8, 4) is 11.5 Å². The van der Waals surface area contributed by atoms with Gasteiger partial charge in [0.15, 0.2) is 0 Å². The summed E-state index contributed by atoms with van der Waals surface area (Å²) in [4.78, 5) is 32.4. The molecule has 1 aliphatic heterocycles. The van der Waals surface area contributed by atoms with Gasteiger partial charge in [-0.1, -0.05) is 6.07 Å². The molecule has 9 heteroatoms. The van der Waals surface area contributed by atoms with Gasteiger partial charge in [-0.05, 0) is 30.0 Å². The topological polar surface area (TPSA) is 93.9 Å². The maximum Gasteiger partial charge on any atom is 0.295 e. The van der Waals surface area contributed by atoms with Gasteiger partial charge in [0, 0.05) is 36.4 Å². The molecular weight excluding hydrogens is 430 g/mol. The number of nitrogens with zero attached hydrogens (tertiary/aromatic N) is 3. The van der Waals surface area contributed by atoms with E-state index in [0.29, 0.717) is 36.6 Å². The maximum atomic E-state index is 13.1. The van der Waals surface area contributed by atoms with Crippen LogP contribution in [-0.2, 0) is 16.1 Å². The molecule has 1 atom stereocenters. The predicted molar refractivity (Wildman–Crippen MR) is 120 cm³/mol. The number of ether oxygens (including phenoxy) is 2. The molecule has 0 aliphatic carbocycles. The second kappa shape index (κ2) is 9.27. The number of imidazole rings is 1. The van der Waals surface area contributed by atoms with Crippen molar-refractivity contribution in [2.24, 2.45) is 0 Å². The van der Waals surface area contributed by atoms with Gasteiger partial charge < -0.3 is 24.0 Å². The first-order valence-electron chi connectivity index (χ1n) is 10.0. The van der Waals surface area contributed by atoms with Gasteiger partial charge in [-0.25, -0.2) is 4.98 Å². The largest absolute Gasteiger partial charge is 0.507 e. The van der Waals surface area contributed by atoms with Gasteiger partial charge >= 0.3 is 0 Å². The Balaban J connectivity index is 1.73. The number of ketones is 1. The molecule has 166 valence electrons. The maximum absolute atomic E-state index is 13.1. The third-order valence-corrected chi connectivity index (χ3v) is 6.32. The van der Waals surface area contributed by atoms with E-state index in [1.165, 1.54) is 30.5 Å². The molecule has 1 fully saturated rings. The van der Waals surface area contributed by atoms with Crippen LogP contribution in [0.5, 0.6) is 11.5 Å². The molecule has 3 heterocycles. The van der Waals surface area contributed by atoms with Crippen LogP contribution in [0.3, 0.4) is 0 Å². The lowest BCUT2D eigenvalue weighted by molar-refractivity contribution is -0.139. The van der Waals surface area contributed by atoms with E-state index in [2.05, 4.69) is 4.98 Å². The summed E-state index contributed by atoms with van der Waals surface area (Å²) in [6.45, 7) is 1.02. The van der Waals surface area contributed by atoms with E-state index in [0.717, 1.165) is 4.88 Å². The molecule has 0 spiro atoms. The number of aliphatic hydroxyl groups excluding tert-OH is 1. The van der Waals surface area contributed by atoms with Crippen molar-refractivity contribution in [1.29, 1.82) is 0 Å². The van der Waals surface area contributed by atoms with Crippen LogP contribution < -0.4 is 9.47 Å². The number of amides is 1. The van der Waals surface area contributed by atoms with E-state index >= 15 is 0 Å². The van der Waals surface area contributed by atoms with Gasteiger partial charge in [-0.15, -0.1) is 11.3 Å². The van der Waals surface area contributed by atoms with Gasteiger partial charge in [0.2, 0.25) is 0 Å². The SMILES string of the molecule is COc1ccc(C(O)=C2C(=O)C(=O)N(CCCn3ccnc3)[C@@H]2c2cccs2)c(OC)c1. The highest BCUT2D eigenvalue weighted by atomic mass is 32.1. The Labute approximate surface area is 189 Å². The van der Waals surface area contributed by atoms with Gasteiger partial charge in [0.05, 0.1) is 37.7 Å². The lowest BCUT2D eigenvalue weighted by Crippen LogP contribution is -2.31. The Bertz CT molecular complexity index is 1140. The molecular formula is C23H23N3O5S. The Morgan fingerprint density at radius 3 is 2.69 bits per heavy atom. The van der Waals surface area contributed by atoms with Crippen LogP contribution in [0, 0.1) is 0 Å². The average Bonchev–Trinajstić information content (AvgIpc) is 3.57. The number of hydrogen-bond acceptors (Lipinski definition) is 7. The van der Waals surface area contributed by atoms with E-state index < -0.39 is 17.7 Å². The van der Waals surface area contributed by atoms with Crippen LogP contribution in [-0.4, -0.2) is 52.0 Å². The van der Waals surface area contributed by atoms with Crippen molar-refractivity contribution in [1.82, 2.24) is 14.5 Å². The molecule has 1 aromatic carbocycles. The lowest BCUT2D eigenvalue weighted by atomic mass is 9.99. The second-order valence-electron chi connectivity index (χ2n) is 7.23. The first kappa shape index (κ1) is 21.6. The Morgan fingerprint density at radius 1 is 1.19 bits per heavy atom. The number of aromatic nitrogens is 2. The van der Waals surface area contributed by atoms with Gasteiger partial charge in [0.1, 0.15) is 17.3 Å². The summed E-state index contributed by atoms with van der Waals surface area (Å²) in [5.74, 6) is -0.700. The summed E-state index contributed by atoms with van der Waals surface area (Å²) in [5.41, 5.74) is 0.384. The monoisotopic (exact) mass is 453 g/mol. The number of Topliss-reactive ketones (excluding diaryl/α,β-unsaturated/α-hetero) is 1. The fourth-order valence-corrected chi connectivity index (χ4v) is 4.68. The van der Waals surface area contributed by atoms with E-state index in [4.69, 9.17) is 9.47 Å². The standard InChI is InChI=1S/C23H23N3O5S/c1-30-15-6-7-16(17(13-15)31-2)21(27)19-20(18-5-3-12-32-18)26(23(29)22(19)28)10-4-9-25-11-8-24-14-25/h3,5-8,11-14,20,27H,4,9-10H2,1-2H3/t20-/m1/s1. The molecule has 8 nitrogen and oxygen atoms in total. The highest BCUT2D eigenvalue weighted by Gasteiger charge is 2.46.